The van der Waals surface area contributed by atoms with E-state index in [0.29, 0.717) is 50.4 Å². The largest absolute Gasteiger partial charge is 0.507 e. The zero-order valence-electron chi connectivity index (χ0n) is 15.8. The first-order chi connectivity index (χ1) is 12.8. The van der Waals surface area contributed by atoms with Crippen molar-refractivity contribution in [3.8, 4) is 23.0 Å². The Kier molecular flexibility index (Phi) is 3.72. The van der Waals surface area contributed by atoms with Gasteiger partial charge in [-0.25, -0.2) is 0 Å². The predicted octanol–water partition coefficient (Wildman–Crippen LogP) is 4.72. The molecular weight excluding hydrogens is 340 g/mol. The van der Waals surface area contributed by atoms with Crippen molar-refractivity contribution < 1.29 is 20.1 Å². The number of aromatic hydroxyl groups is 2. The van der Waals surface area contributed by atoms with Crippen LogP contribution in [0.25, 0.3) is 0 Å². The monoisotopic (exact) mass is 362 g/mol. The minimum Gasteiger partial charge on any atom is -0.507 e. The van der Waals surface area contributed by atoms with Crippen molar-refractivity contribution >= 4 is 0 Å². The summed E-state index contributed by atoms with van der Waals surface area (Å²) in [5, 5.41) is 32.9. The summed E-state index contributed by atoms with van der Waals surface area (Å²) >= 11 is 0. The second-order valence-corrected chi connectivity index (χ2v) is 7.27. The van der Waals surface area contributed by atoms with Crippen LogP contribution >= 0.6 is 0 Å². The van der Waals surface area contributed by atoms with Crippen molar-refractivity contribution in [1.29, 1.82) is 0 Å². The molecule has 1 heterocycles. The molecule has 3 aromatic carbocycles. The number of aryl methyl sites for hydroxylation is 2. The lowest BCUT2D eigenvalue weighted by Crippen LogP contribution is -2.33. The fraction of sp³-hybridized carbons (Fsp3) is 0.217. The number of rotatable bonds is 1. The highest BCUT2D eigenvalue weighted by molar-refractivity contribution is 5.69. The number of hydrogen-bond acceptors (Lipinski definition) is 4. The summed E-state index contributed by atoms with van der Waals surface area (Å²) in [6, 6.07) is 12.9. The van der Waals surface area contributed by atoms with Gasteiger partial charge in [-0.1, -0.05) is 30.3 Å². The Bertz CT molecular complexity index is 1000. The minimum atomic E-state index is -1.46. The van der Waals surface area contributed by atoms with Gasteiger partial charge in [-0.2, -0.15) is 0 Å². The fourth-order valence-corrected chi connectivity index (χ4v) is 3.95. The van der Waals surface area contributed by atoms with Gasteiger partial charge < -0.3 is 20.1 Å². The van der Waals surface area contributed by atoms with Gasteiger partial charge in [0.15, 0.2) is 0 Å². The third kappa shape index (κ3) is 2.26. The van der Waals surface area contributed by atoms with Crippen LogP contribution in [0.1, 0.15) is 38.9 Å². The van der Waals surface area contributed by atoms with Crippen LogP contribution in [0.3, 0.4) is 0 Å². The Morgan fingerprint density at radius 3 is 1.63 bits per heavy atom. The molecule has 1 aliphatic rings. The molecule has 0 aliphatic carbocycles. The summed E-state index contributed by atoms with van der Waals surface area (Å²) in [4.78, 5) is 0. The molecule has 0 spiro atoms. The number of ether oxygens (including phenoxy) is 1. The Morgan fingerprint density at radius 1 is 0.741 bits per heavy atom. The molecule has 3 N–H and O–H groups in total. The van der Waals surface area contributed by atoms with Crippen molar-refractivity contribution in [2.24, 2.45) is 0 Å². The topological polar surface area (TPSA) is 69.9 Å². The van der Waals surface area contributed by atoms with Crippen LogP contribution in [0.2, 0.25) is 0 Å². The van der Waals surface area contributed by atoms with E-state index in [9.17, 15) is 15.3 Å². The van der Waals surface area contributed by atoms with E-state index in [-0.39, 0.29) is 11.5 Å². The first-order valence-electron chi connectivity index (χ1n) is 8.89. The van der Waals surface area contributed by atoms with Crippen molar-refractivity contribution in [3.05, 3.63) is 81.4 Å². The summed E-state index contributed by atoms with van der Waals surface area (Å²) in [6.07, 6.45) is 0. The molecule has 0 bridgehead atoms. The van der Waals surface area contributed by atoms with Crippen LogP contribution < -0.4 is 4.74 Å². The number of benzene rings is 3. The van der Waals surface area contributed by atoms with Crippen molar-refractivity contribution in [2.75, 3.05) is 0 Å². The Morgan fingerprint density at radius 2 is 1.19 bits per heavy atom. The SMILES string of the molecule is Cc1cc2c(c(C)c1O)Oc1c(cc(C)c(O)c1C)C2(O)c1ccccc1. The molecule has 27 heavy (non-hydrogen) atoms. The lowest BCUT2D eigenvalue weighted by atomic mass is 9.75. The summed E-state index contributed by atoms with van der Waals surface area (Å²) in [7, 11) is 0. The highest BCUT2D eigenvalue weighted by Gasteiger charge is 2.44. The van der Waals surface area contributed by atoms with Crippen LogP contribution in [0.5, 0.6) is 23.0 Å². The van der Waals surface area contributed by atoms with Crippen molar-refractivity contribution in [1.82, 2.24) is 0 Å². The van der Waals surface area contributed by atoms with E-state index in [0.717, 1.165) is 0 Å². The van der Waals surface area contributed by atoms with E-state index in [1.165, 1.54) is 0 Å². The molecule has 0 aromatic heterocycles. The number of fused-ring (bicyclic) bond motifs is 2. The maximum Gasteiger partial charge on any atom is 0.147 e. The predicted molar refractivity (Wildman–Crippen MR) is 104 cm³/mol. The van der Waals surface area contributed by atoms with Gasteiger partial charge in [0.1, 0.15) is 28.6 Å². The van der Waals surface area contributed by atoms with Crippen molar-refractivity contribution in [3.63, 3.8) is 0 Å². The molecule has 0 atom stereocenters. The zero-order valence-corrected chi connectivity index (χ0v) is 15.8. The third-order valence-corrected chi connectivity index (χ3v) is 5.52. The van der Waals surface area contributed by atoms with Gasteiger partial charge in [-0.15, -0.1) is 0 Å². The molecule has 0 saturated carbocycles. The van der Waals surface area contributed by atoms with Crippen LogP contribution in [-0.4, -0.2) is 15.3 Å². The minimum absolute atomic E-state index is 0.140. The van der Waals surface area contributed by atoms with E-state index in [1.54, 1.807) is 39.8 Å². The van der Waals surface area contributed by atoms with Gasteiger partial charge >= 0.3 is 0 Å². The van der Waals surface area contributed by atoms with Crippen LogP contribution in [0.15, 0.2) is 42.5 Å². The third-order valence-electron chi connectivity index (χ3n) is 5.52. The van der Waals surface area contributed by atoms with Gasteiger partial charge in [0, 0.05) is 22.3 Å². The lowest BCUT2D eigenvalue weighted by molar-refractivity contribution is 0.112. The molecular formula is C23H22O4. The number of aliphatic hydroxyl groups is 1. The molecule has 0 amide bonds. The Balaban J connectivity index is 2.16. The van der Waals surface area contributed by atoms with Crippen LogP contribution in [0.4, 0.5) is 0 Å². The second-order valence-electron chi connectivity index (χ2n) is 7.27. The highest BCUT2D eigenvalue weighted by Crippen LogP contribution is 2.55. The van der Waals surface area contributed by atoms with Gasteiger partial charge in [-0.3, -0.25) is 0 Å². The first-order valence-corrected chi connectivity index (χ1v) is 8.89. The van der Waals surface area contributed by atoms with Gasteiger partial charge in [-0.05, 0) is 56.5 Å². The smallest absolute Gasteiger partial charge is 0.147 e. The summed E-state index contributed by atoms with van der Waals surface area (Å²) in [5.41, 5.74) is 2.85. The lowest BCUT2D eigenvalue weighted by Gasteiger charge is -2.38. The van der Waals surface area contributed by atoms with Gasteiger partial charge in [0.25, 0.3) is 0 Å². The Labute approximate surface area is 158 Å². The number of phenolic OH excluding ortho intramolecular Hbond substituents is 2. The van der Waals surface area contributed by atoms with Crippen molar-refractivity contribution in [2.45, 2.75) is 33.3 Å². The summed E-state index contributed by atoms with van der Waals surface area (Å²) in [6.45, 7) is 7.13. The molecule has 3 aromatic rings. The van der Waals surface area contributed by atoms with Gasteiger partial charge in [0.05, 0.1) is 0 Å². The van der Waals surface area contributed by atoms with E-state index < -0.39 is 5.60 Å². The molecule has 0 unspecified atom stereocenters. The molecule has 4 rings (SSSR count). The first kappa shape index (κ1) is 17.4. The quantitative estimate of drug-likeness (QED) is 0.586. The Hall–Kier alpha value is -2.98. The van der Waals surface area contributed by atoms with E-state index in [1.807, 2.05) is 30.3 Å². The number of phenols is 2. The normalized spacial score (nSPS) is 14.3. The van der Waals surface area contributed by atoms with Crippen LogP contribution in [0, 0.1) is 27.7 Å². The standard InChI is InChI=1S/C23H22O4/c1-12-10-17-21(14(3)19(12)24)27-22-15(4)20(25)13(2)11-18(22)23(17,26)16-8-6-5-7-9-16/h5-11,24-26H,1-4H3. The number of hydrogen-bond donors (Lipinski definition) is 3. The molecule has 0 radical (unpaired) electrons. The summed E-state index contributed by atoms with van der Waals surface area (Å²) in [5.74, 6) is 1.12. The zero-order chi connectivity index (χ0) is 19.5. The highest BCUT2D eigenvalue weighted by atomic mass is 16.5. The molecule has 0 fully saturated rings. The molecule has 1 aliphatic heterocycles. The molecule has 4 nitrogen and oxygen atoms in total. The maximum absolute atomic E-state index is 12.1. The average Bonchev–Trinajstić information content (AvgIpc) is 2.67. The van der Waals surface area contributed by atoms with Crippen LogP contribution in [-0.2, 0) is 5.60 Å². The fourth-order valence-electron chi connectivity index (χ4n) is 3.95. The van der Waals surface area contributed by atoms with E-state index in [2.05, 4.69) is 0 Å². The maximum atomic E-state index is 12.1. The molecule has 138 valence electrons. The second kappa shape index (κ2) is 5.76. The molecule has 0 saturated heterocycles. The van der Waals surface area contributed by atoms with E-state index >= 15 is 0 Å². The summed E-state index contributed by atoms with van der Waals surface area (Å²) < 4.78 is 6.15. The average molecular weight is 362 g/mol. The molecule has 4 heteroatoms. The van der Waals surface area contributed by atoms with E-state index in [4.69, 9.17) is 4.74 Å². The van der Waals surface area contributed by atoms with Gasteiger partial charge in [0.2, 0.25) is 0 Å².